The molecule has 1 saturated heterocycles. The molecule has 0 radical (unpaired) electrons. The van der Waals surface area contributed by atoms with E-state index in [9.17, 15) is 4.79 Å². The fourth-order valence-electron chi connectivity index (χ4n) is 2.95. The molecule has 0 spiro atoms. The zero-order valence-electron chi connectivity index (χ0n) is 12.4. The Labute approximate surface area is 124 Å². The molecular formula is C16H22N4O. The highest BCUT2D eigenvalue weighted by Crippen LogP contribution is 2.15. The average Bonchev–Trinajstić information content (AvgIpc) is 2.90. The van der Waals surface area contributed by atoms with E-state index in [1.165, 1.54) is 6.42 Å². The standard InChI is InChI=1S/C16H22N4O/c1-20-11-5-4-8-14(20)16(21)17-10-9-15-18-12-6-2-3-7-13(12)19-15/h2-3,6-7,14H,4-5,8-11H2,1H3,(H,17,21)(H,18,19)/t14-/m0/s1. The molecule has 2 heterocycles. The minimum Gasteiger partial charge on any atom is -0.354 e. The Kier molecular flexibility index (Phi) is 4.20. The van der Waals surface area contributed by atoms with Gasteiger partial charge in [0, 0.05) is 13.0 Å². The van der Waals surface area contributed by atoms with Crippen molar-refractivity contribution in [2.24, 2.45) is 0 Å². The van der Waals surface area contributed by atoms with Crippen LogP contribution in [0.4, 0.5) is 0 Å². The van der Waals surface area contributed by atoms with Gasteiger partial charge in [-0.1, -0.05) is 18.6 Å². The van der Waals surface area contributed by atoms with Crippen molar-refractivity contribution in [3.8, 4) is 0 Å². The Bertz CT molecular complexity index is 589. The second-order valence-corrected chi connectivity index (χ2v) is 5.73. The zero-order valence-corrected chi connectivity index (χ0v) is 12.4. The van der Waals surface area contributed by atoms with E-state index in [-0.39, 0.29) is 11.9 Å². The van der Waals surface area contributed by atoms with Crippen LogP contribution in [0.25, 0.3) is 11.0 Å². The van der Waals surface area contributed by atoms with E-state index in [2.05, 4.69) is 20.2 Å². The van der Waals surface area contributed by atoms with E-state index in [1.807, 2.05) is 31.3 Å². The summed E-state index contributed by atoms with van der Waals surface area (Å²) >= 11 is 0. The van der Waals surface area contributed by atoms with Gasteiger partial charge in [-0.2, -0.15) is 0 Å². The first-order valence-corrected chi connectivity index (χ1v) is 7.65. The minimum absolute atomic E-state index is 0.0365. The summed E-state index contributed by atoms with van der Waals surface area (Å²) in [6, 6.07) is 8.01. The van der Waals surface area contributed by atoms with Crippen LogP contribution in [0, 0.1) is 0 Å². The van der Waals surface area contributed by atoms with E-state index in [4.69, 9.17) is 0 Å². The highest BCUT2D eigenvalue weighted by atomic mass is 16.2. The number of nitrogens with zero attached hydrogens (tertiary/aromatic N) is 2. The molecule has 112 valence electrons. The smallest absolute Gasteiger partial charge is 0.237 e. The van der Waals surface area contributed by atoms with Gasteiger partial charge in [-0.05, 0) is 38.6 Å². The first kappa shape index (κ1) is 14.1. The van der Waals surface area contributed by atoms with Gasteiger partial charge in [0.25, 0.3) is 0 Å². The number of benzene rings is 1. The number of aromatic nitrogens is 2. The van der Waals surface area contributed by atoms with Gasteiger partial charge in [-0.3, -0.25) is 9.69 Å². The lowest BCUT2D eigenvalue weighted by atomic mass is 10.0. The zero-order chi connectivity index (χ0) is 14.7. The average molecular weight is 286 g/mol. The fraction of sp³-hybridized carbons (Fsp3) is 0.500. The molecule has 5 nitrogen and oxygen atoms in total. The summed E-state index contributed by atoms with van der Waals surface area (Å²) in [6.45, 7) is 1.64. The van der Waals surface area contributed by atoms with Crippen LogP contribution < -0.4 is 5.32 Å². The number of nitrogens with one attached hydrogen (secondary N) is 2. The lowest BCUT2D eigenvalue weighted by Gasteiger charge is -2.31. The van der Waals surface area contributed by atoms with Crippen LogP contribution in [0.15, 0.2) is 24.3 Å². The minimum atomic E-state index is 0.0365. The summed E-state index contributed by atoms with van der Waals surface area (Å²) in [6.07, 6.45) is 4.04. The molecule has 1 aliphatic heterocycles. The van der Waals surface area contributed by atoms with Gasteiger partial charge in [0.15, 0.2) is 0 Å². The predicted molar refractivity (Wildman–Crippen MR) is 83.1 cm³/mol. The Morgan fingerprint density at radius 2 is 2.29 bits per heavy atom. The van der Waals surface area contributed by atoms with Crippen LogP contribution in [0.5, 0.6) is 0 Å². The third kappa shape index (κ3) is 3.24. The highest BCUT2D eigenvalue weighted by Gasteiger charge is 2.25. The van der Waals surface area contributed by atoms with Crippen molar-refractivity contribution >= 4 is 16.9 Å². The quantitative estimate of drug-likeness (QED) is 0.899. The molecule has 1 aromatic heterocycles. The molecule has 0 bridgehead atoms. The Morgan fingerprint density at radius 1 is 1.43 bits per heavy atom. The predicted octanol–water partition coefficient (Wildman–Crippen LogP) is 1.71. The Hall–Kier alpha value is -1.88. The third-order valence-corrected chi connectivity index (χ3v) is 4.17. The van der Waals surface area contributed by atoms with Gasteiger partial charge in [0.1, 0.15) is 5.82 Å². The molecule has 5 heteroatoms. The molecule has 1 amide bonds. The van der Waals surface area contributed by atoms with Gasteiger partial charge in [-0.25, -0.2) is 4.98 Å². The van der Waals surface area contributed by atoms with Crippen molar-refractivity contribution in [2.45, 2.75) is 31.7 Å². The number of para-hydroxylation sites is 2. The molecule has 2 aromatic rings. The number of likely N-dealkylation sites (N-methyl/N-ethyl adjacent to an activating group) is 1. The number of hydrogen-bond acceptors (Lipinski definition) is 3. The summed E-state index contributed by atoms with van der Waals surface area (Å²) in [5.74, 6) is 1.07. The first-order chi connectivity index (χ1) is 10.2. The number of carbonyl (C=O) groups excluding carboxylic acids is 1. The second kappa shape index (κ2) is 6.26. The van der Waals surface area contributed by atoms with E-state index >= 15 is 0 Å². The molecule has 0 saturated carbocycles. The molecule has 1 aliphatic rings. The van der Waals surface area contributed by atoms with Crippen molar-refractivity contribution in [3.63, 3.8) is 0 Å². The van der Waals surface area contributed by atoms with E-state index in [0.29, 0.717) is 6.54 Å². The summed E-state index contributed by atoms with van der Waals surface area (Å²) < 4.78 is 0. The number of amides is 1. The monoisotopic (exact) mass is 286 g/mol. The molecule has 1 fully saturated rings. The number of rotatable bonds is 4. The van der Waals surface area contributed by atoms with Gasteiger partial charge >= 0.3 is 0 Å². The topological polar surface area (TPSA) is 61.0 Å². The maximum atomic E-state index is 12.2. The molecular weight excluding hydrogens is 264 g/mol. The van der Waals surface area contributed by atoms with Crippen LogP contribution in [0.1, 0.15) is 25.1 Å². The Balaban J connectivity index is 1.52. The molecule has 3 rings (SSSR count). The number of piperidine rings is 1. The molecule has 21 heavy (non-hydrogen) atoms. The van der Waals surface area contributed by atoms with Crippen molar-refractivity contribution in [1.82, 2.24) is 20.2 Å². The van der Waals surface area contributed by atoms with E-state index in [1.54, 1.807) is 0 Å². The summed E-state index contributed by atoms with van der Waals surface area (Å²) in [5.41, 5.74) is 2.02. The lowest BCUT2D eigenvalue weighted by Crippen LogP contribution is -2.47. The Morgan fingerprint density at radius 3 is 3.10 bits per heavy atom. The first-order valence-electron chi connectivity index (χ1n) is 7.65. The van der Waals surface area contributed by atoms with Crippen molar-refractivity contribution in [1.29, 1.82) is 0 Å². The van der Waals surface area contributed by atoms with Crippen LogP contribution in [0.2, 0.25) is 0 Å². The van der Waals surface area contributed by atoms with Crippen LogP contribution in [0.3, 0.4) is 0 Å². The molecule has 0 aliphatic carbocycles. The highest BCUT2D eigenvalue weighted by molar-refractivity contribution is 5.81. The summed E-state index contributed by atoms with van der Waals surface area (Å²) in [4.78, 5) is 22.1. The van der Waals surface area contributed by atoms with Crippen molar-refractivity contribution < 1.29 is 4.79 Å². The number of H-pyrrole nitrogens is 1. The van der Waals surface area contributed by atoms with Gasteiger partial charge in [-0.15, -0.1) is 0 Å². The normalized spacial score (nSPS) is 19.8. The maximum absolute atomic E-state index is 12.2. The van der Waals surface area contributed by atoms with Crippen LogP contribution >= 0.6 is 0 Å². The number of likely N-dealkylation sites (tertiary alicyclic amines) is 1. The number of hydrogen-bond donors (Lipinski definition) is 2. The molecule has 2 N–H and O–H groups in total. The molecule has 0 unspecified atom stereocenters. The van der Waals surface area contributed by atoms with E-state index in [0.717, 1.165) is 42.7 Å². The number of imidazole rings is 1. The van der Waals surface area contributed by atoms with E-state index < -0.39 is 0 Å². The summed E-state index contributed by atoms with van der Waals surface area (Å²) in [7, 11) is 2.03. The van der Waals surface area contributed by atoms with Gasteiger partial charge in [0.2, 0.25) is 5.91 Å². The second-order valence-electron chi connectivity index (χ2n) is 5.73. The van der Waals surface area contributed by atoms with Gasteiger partial charge in [0.05, 0.1) is 17.1 Å². The fourth-order valence-corrected chi connectivity index (χ4v) is 2.95. The SMILES string of the molecule is CN1CCCC[C@H]1C(=O)NCCc1nc2ccccc2[nH]1. The van der Waals surface area contributed by atoms with Gasteiger partial charge < -0.3 is 10.3 Å². The molecule has 1 atom stereocenters. The molecule has 1 aromatic carbocycles. The number of aromatic amines is 1. The van der Waals surface area contributed by atoms with Crippen LogP contribution in [-0.4, -0.2) is 47.0 Å². The van der Waals surface area contributed by atoms with Crippen molar-refractivity contribution in [3.05, 3.63) is 30.1 Å². The number of fused-ring (bicyclic) bond motifs is 1. The number of carbonyl (C=O) groups is 1. The third-order valence-electron chi connectivity index (χ3n) is 4.17. The van der Waals surface area contributed by atoms with Crippen molar-refractivity contribution in [2.75, 3.05) is 20.1 Å². The summed E-state index contributed by atoms with van der Waals surface area (Å²) in [5, 5.41) is 3.04. The largest absolute Gasteiger partial charge is 0.354 e. The maximum Gasteiger partial charge on any atom is 0.237 e. The lowest BCUT2D eigenvalue weighted by molar-refractivity contribution is -0.126. The van der Waals surface area contributed by atoms with Crippen LogP contribution in [-0.2, 0) is 11.2 Å².